The van der Waals surface area contributed by atoms with Gasteiger partial charge in [0.25, 0.3) is 0 Å². The third-order valence-electron chi connectivity index (χ3n) is 2.96. The summed E-state index contributed by atoms with van der Waals surface area (Å²) in [6, 6.07) is 3.89. The van der Waals surface area contributed by atoms with Crippen LogP contribution in [0.2, 0.25) is 0 Å². The van der Waals surface area contributed by atoms with Gasteiger partial charge < -0.3 is 11.1 Å². The molecule has 5 nitrogen and oxygen atoms in total. The summed E-state index contributed by atoms with van der Waals surface area (Å²) < 4.78 is 13.3. The van der Waals surface area contributed by atoms with Gasteiger partial charge in [0.05, 0.1) is 0 Å². The zero-order chi connectivity index (χ0) is 15.8. The molecule has 0 atom stereocenters. The molecule has 0 unspecified atom stereocenters. The number of Topliss-reactive ketones (excluding diaryl/α,β-unsaturated/α-hetero) is 1. The molecule has 1 aromatic rings. The molecule has 0 saturated carbocycles. The summed E-state index contributed by atoms with van der Waals surface area (Å²) >= 11 is 0. The van der Waals surface area contributed by atoms with Crippen LogP contribution in [0, 0.1) is 5.82 Å². The maximum absolute atomic E-state index is 13.3. The number of benzene rings is 1. The number of ketones is 1. The van der Waals surface area contributed by atoms with E-state index < -0.39 is 11.7 Å². The van der Waals surface area contributed by atoms with E-state index >= 15 is 0 Å². The first-order chi connectivity index (χ1) is 9.90. The number of hydrogen-bond acceptors (Lipinski definition) is 3. The summed E-state index contributed by atoms with van der Waals surface area (Å²) in [6.45, 7) is 1.82. The van der Waals surface area contributed by atoms with Gasteiger partial charge in [-0.15, -0.1) is 0 Å². The molecular weight excluding hydrogens is 275 g/mol. The molecule has 3 N–H and O–H groups in total. The SMILES string of the molecule is CC(=O)NCCCC(=O)c1ccc(F)cc1CCC(N)=O. The monoisotopic (exact) mass is 294 g/mol. The highest BCUT2D eigenvalue weighted by Gasteiger charge is 2.13. The summed E-state index contributed by atoms with van der Waals surface area (Å²) in [5, 5.41) is 2.60. The van der Waals surface area contributed by atoms with Crippen LogP contribution in [0.15, 0.2) is 18.2 Å². The second-order valence-corrected chi connectivity index (χ2v) is 4.78. The van der Waals surface area contributed by atoms with Crippen molar-refractivity contribution in [2.45, 2.75) is 32.6 Å². The highest BCUT2D eigenvalue weighted by atomic mass is 19.1. The van der Waals surface area contributed by atoms with Crippen LogP contribution in [-0.4, -0.2) is 24.1 Å². The van der Waals surface area contributed by atoms with E-state index in [9.17, 15) is 18.8 Å². The van der Waals surface area contributed by atoms with Gasteiger partial charge in [0.15, 0.2) is 5.78 Å². The Morgan fingerprint density at radius 3 is 2.57 bits per heavy atom. The van der Waals surface area contributed by atoms with Gasteiger partial charge in [-0.3, -0.25) is 14.4 Å². The third kappa shape index (κ3) is 6.16. The molecule has 0 aliphatic heterocycles. The summed E-state index contributed by atoms with van der Waals surface area (Å²) in [7, 11) is 0. The van der Waals surface area contributed by atoms with E-state index in [-0.39, 0.29) is 31.0 Å². The van der Waals surface area contributed by atoms with Crippen LogP contribution < -0.4 is 11.1 Å². The van der Waals surface area contributed by atoms with Crippen molar-refractivity contribution in [3.8, 4) is 0 Å². The number of carbonyl (C=O) groups is 3. The van der Waals surface area contributed by atoms with Crippen molar-refractivity contribution in [2.24, 2.45) is 5.73 Å². The van der Waals surface area contributed by atoms with Crippen LogP contribution in [0.25, 0.3) is 0 Å². The maximum Gasteiger partial charge on any atom is 0.217 e. The van der Waals surface area contributed by atoms with E-state index in [0.29, 0.717) is 24.1 Å². The fraction of sp³-hybridized carbons (Fsp3) is 0.400. The van der Waals surface area contributed by atoms with E-state index in [0.717, 1.165) is 0 Å². The number of hydrogen-bond donors (Lipinski definition) is 2. The van der Waals surface area contributed by atoms with Crippen molar-refractivity contribution in [1.82, 2.24) is 5.32 Å². The van der Waals surface area contributed by atoms with Gasteiger partial charge in [-0.2, -0.15) is 0 Å². The second kappa shape index (κ2) is 8.14. The van der Waals surface area contributed by atoms with E-state index in [2.05, 4.69) is 5.32 Å². The Balaban J connectivity index is 2.69. The number of amides is 2. The van der Waals surface area contributed by atoms with Gasteiger partial charge in [-0.25, -0.2) is 4.39 Å². The number of primary amides is 1. The first kappa shape index (κ1) is 16.8. The van der Waals surface area contributed by atoms with Gasteiger partial charge >= 0.3 is 0 Å². The van der Waals surface area contributed by atoms with Gasteiger partial charge in [0.2, 0.25) is 11.8 Å². The molecule has 114 valence electrons. The second-order valence-electron chi connectivity index (χ2n) is 4.78. The van der Waals surface area contributed by atoms with E-state index in [1.807, 2.05) is 0 Å². The van der Waals surface area contributed by atoms with Crippen molar-refractivity contribution < 1.29 is 18.8 Å². The molecule has 0 saturated heterocycles. The lowest BCUT2D eigenvalue weighted by Gasteiger charge is -2.08. The molecule has 6 heteroatoms. The predicted octanol–water partition coefficient (Wildman–Crippen LogP) is 1.34. The number of carbonyl (C=O) groups excluding carboxylic acids is 3. The van der Waals surface area contributed by atoms with Crippen LogP contribution in [0.5, 0.6) is 0 Å². The Morgan fingerprint density at radius 2 is 1.95 bits per heavy atom. The number of halogens is 1. The quantitative estimate of drug-likeness (QED) is 0.560. The van der Waals surface area contributed by atoms with Gasteiger partial charge in [0.1, 0.15) is 5.82 Å². The minimum atomic E-state index is -0.497. The van der Waals surface area contributed by atoms with Gasteiger partial charge in [0, 0.05) is 31.9 Å². The van der Waals surface area contributed by atoms with Crippen LogP contribution in [0.1, 0.15) is 42.1 Å². The Bertz CT molecular complexity index is 544. The lowest BCUT2D eigenvalue weighted by Crippen LogP contribution is -2.21. The first-order valence-electron chi connectivity index (χ1n) is 6.74. The molecule has 0 aliphatic rings. The Labute approximate surface area is 122 Å². The minimum Gasteiger partial charge on any atom is -0.370 e. The summed E-state index contributed by atoms with van der Waals surface area (Å²) in [6.07, 6.45) is 1.05. The van der Waals surface area contributed by atoms with Crippen LogP contribution in [-0.2, 0) is 16.0 Å². The number of nitrogens with one attached hydrogen (secondary N) is 1. The first-order valence-corrected chi connectivity index (χ1v) is 6.74. The Hall–Kier alpha value is -2.24. The van der Waals surface area contributed by atoms with Gasteiger partial charge in [-0.1, -0.05) is 0 Å². The molecule has 0 fully saturated rings. The number of rotatable bonds is 8. The van der Waals surface area contributed by atoms with Crippen molar-refractivity contribution >= 4 is 17.6 Å². The summed E-state index contributed by atoms with van der Waals surface area (Å²) in [4.78, 5) is 33.6. The van der Waals surface area contributed by atoms with E-state index in [1.165, 1.54) is 25.1 Å². The lowest BCUT2D eigenvalue weighted by atomic mass is 9.97. The largest absolute Gasteiger partial charge is 0.370 e. The molecule has 0 aromatic heterocycles. The molecule has 0 radical (unpaired) electrons. The summed E-state index contributed by atoms with van der Waals surface area (Å²) in [5.74, 6) is -1.24. The molecule has 0 bridgehead atoms. The zero-order valence-electron chi connectivity index (χ0n) is 11.9. The fourth-order valence-corrected chi connectivity index (χ4v) is 1.95. The highest BCUT2D eigenvalue weighted by Crippen LogP contribution is 2.16. The number of nitrogens with two attached hydrogens (primary N) is 1. The lowest BCUT2D eigenvalue weighted by molar-refractivity contribution is -0.119. The molecule has 1 aromatic carbocycles. The zero-order valence-corrected chi connectivity index (χ0v) is 11.9. The fourth-order valence-electron chi connectivity index (χ4n) is 1.95. The Kier molecular flexibility index (Phi) is 6.52. The molecule has 21 heavy (non-hydrogen) atoms. The maximum atomic E-state index is 13.3. The minimum absolute atomic E-state index is 0.0651. The van der Waals surface area contributed by atoms with Crippen LogP contribution in [0.4, 0.5) is 4.39 Å². The molecular formula is C15H19FN2O3. The van der Waals surface area contributed by atoms with Crippen molar-refractivity contribution in [3.63, 3.8) is 0 Å². The summed E-state index contributed by atoms with van der Waals surface area (Å²) in [5.41, 5.74) is 5.96. The molecule has 0 heterocycles. The van der Waals surface area contributed by atoms with Crippen LogP contribution >= 0.6 is 0 Å². The third-order valence-corrected chi connectivity index (χ3v) is 2.96. The van der Waals surface area contributed by atoms with E-state index in [1.54, 1.807) is 0 Å². The normalized spacial score (nSPS) is 10.2. The average molecular weight is 294 g/mol. The van der Waals surface area contributed by atoms with Crippen molar-refractivity contribution in [1.29, 1.82) is 0 Å². The molecule has 2 amide bonds. The van der Waals surface area contributed by atoms with Crippen molar-refractivity contribution in [3.05, 3.63) is 35.1 Å². The van der Waals surface area contributed by atoms with E-state index in [4.69, 9.17) is 5.73 Å². The average Bonchev–Trinajstić information content (AvgIpc) is 2.41. The molecule has 1 rings (SSSR count). The molecule has 0 aliphatic carbocycles. The smallest absolute Gasteiger partial charge is 0.217 e. The molecule has 0 spiro atoms. The van der Waals surface area contributed by atoms with Crippen molar-refractivity contribution in [2.75, 3.05) is 6.54 Å². The van der Waals surface area contributed by atoms with Crippen LogP contribution in [0.3, 0.4) is 0 Å². The number of aryl methyl sites for hydroxylation is 1. The standard InChI is InChI=1S/C15H19FN2O3/c1-10(19)18-8-2-3-14(20)13-6-5-12(16)9-11(13)4-7-15(17)21/h5-6,9H,2-4,7-8H2,1H3,(H2,17,21)(H,18,19). The predicted molar refractivity (Wildman–Crippen MR) is 76.2 cm³/mol. The van der Waals surface area contributed by atoms with Gasteiger partial charge in [-0.05, 0) is 36.6 Å². The topological polar surface area (TPSA) is 89.3 Å². The highest BCUT2D eigenvalue weighted by molar-refractivity contribution is 5.97. The Morgan fingerprint density at radius 1 is 1.24 bits per heavy atom.